The Morgan fingerprint density at radius 1 is 1.07 bits per heavy atom. The standard InChI is InChI=1S/C10H8N4O2S2.C8H7BrO/c11-18(15,16)10-13-14-6-8(12-9(14)17-10)7-4-2-1-3-5-7;9-6-8(10)7-4-2-1-3-5-7/h1-6H,(H2,11,15,16);1-5H,6H2. The Hall–Kier alpha value is -2.40. The van der Waals surface area contributed by atoms with Gasteiger partial charge < -0.3 is 0 Å². The van der Waals surface area contributed by atoms with Crippen LogP contribution >= 0.6 is 27.3 Å². The first kappa shape index (κ1) is 20.3. The molecule has 0 aliphatic rings. The number of benzene rings is 2. The van der Waals surface area contributed by atoms with Crippen molar-refractivity contribution < 1.29 is 13.2 Å². The highest BCUT2D eigenvalue weighted by molar-refractivity contribution is 9.09. The van der Waals surface area contributed by atoms with Crippen molar-refractivity contribution in [1.82, 2.24) is 14.6 Å². The number of nitrogens with two attached hydrogens (primary N) is 1. The summed E-state index contributed by atoms with van der Waals surface area (Å²) < 4.78 is 23.6. The largest absolute Gasteiger partial charge is 0.293 e. The number of halogens is 1. The number of aromatic nitrogens is 3. The van der Waals surface area contributed by atoms with Crippen molar-refractivity contribution in [3.8, 4) is 11.3 Å². The van der Waals surface area contributed by atoms with Crippen molar-refractivity contribution in [3.63, 3.8) is 0 Å². The molecule has 0 unspecified atom stereocenters. The van der Waals surface area contributed by atoms with E-state index in [2.05, 4.69) is 26.0 Å². The number of imidazole rings is 1. The maximum atomic E-state index is 11.1. The van der Waals surface area contributed by atoms with Crippen LogP contribution in [0.25, 0.3) is 16.2 Å². The summed E-state index contributed by atoms with van der Waals surface area (Å²) in [4.78, 5) is 15.8. The first-order chi connectivity index (χ1) is 13.4. The fraction of sp³-hybridized carbons (Fsp3) is 0.0556. The van der Waals surface area contributed by atoms with Gasteiger partial charge in [0, 0.05) is 11.1 Å². The number of hydrogen-bond donors (Lipinski definition) is 1. The average molecular weight is 479 g/mol. The minimum absolute atomic E-state index is 0.126. The van der Waals surface area contributed by atoms with Gasteiger partial charge in [-0.05, 0) is 0 Å². The molecule has 0 aliphatic carbocycles. The fourth-order valence-electron chi connectivity index (χ4n) is 2.25. The van der Waals surface area contributed by atoms with Gasteiger partial charge in [-0.3, -0.25) is 4.79 Å². The van der Waals surface area contributed by atoms with Crippen LogP contribution in [0.1, 0.15) is 10.4 Å². The van der Waals surface area contributed by atoms with E-state index in [9.17, 15) is 13.2 Å². The number of fused-ring (bicyclic) bond motifs is 1. The number of sulfonamides is 1. The summed E-state index contributed by atoms with van der Waals surface area (Å²) in [7, 11) is -3.77. The maximum Gasteiger partial charge on any atom is 0.267 e. The topological polar surface area (TPSA) is 107 Å². The summed E-state index contributed by atoms with van der Waals surface area (Å²) in [6.45, 7) is 0. The molecular formula is C18H15BrN4O3S2. The lowest BCUT2D eigenvalue weighted by Crippen LogP contribution is -2.12. The quantitative estimate of drug-likeness (QED) is 0.357. The number of rotatable bonds is 4. The van der Waals surface area contributed by atoms with E-state index in [-0.39, 0.29) is 10.1 Å². The van der Waals surface area contributed by atoms with Gasteiger partial charge in [-0.1, -0.05) is 87.9 Å². The summed E-state index contributed by atoms with van der Waals surface area (Å²) in [5.74, 6) is 0.126. The van der Waals surface area contributed by atoms with Crippen LogP contribution in [0.5, 0.6) is 0 Å². The summed E-state index contributed by atoms with van der Waals surface area (Å²) >= 11 is 4.05. The Morgan fingerprint density at radius 3 is 2.21 bits per heavy atom. The Kier molecular flexibility index (Phi) is 6.35. The SMILES string of the molecule is NS(=O)(=O)c1nn2cc(-c3ccccc3)nc2s1.O=C(CBr)c1ccccc1. The van der Waals surface area contributed by atoms with Crippen LogP contribution < -0.4 is 5.14 Å². The molecule has 0 atom stereocenters. The van der Waals surface area contributed by atoms with Crippen LogP contribution in [-0.2, 0) is 10.0 Å². The monoisotopic (exact) mass is 478 g/mol. The van der Waals surface area contributed by atoms with Crippen molar-refractivity contribution in [3.05, 3.63) is 72.4 Å². The number of ketones is 1. The number of carbonyl (C=O) groups is 1. The van der Waals surface area contributed by atoms with Gasteiger partial charge in [-0.25, -0.2) is 23.1 Å². The van der Waals surface area contributed by atoms with Gasteiger partial charge in [0.05, 0.1) is 17.2 Å². The number of hydrogen-bond acceptors (Lipinski definition) is 6. The Bertz CT molecular complexity index is 1160. The van der Waals surface area contributed by atoms with Crippen LogP contribution in [-0.4, -0.2) is 34.1 Å². The fourth-order valence-corrected chi connectivity index (χ4v) is 4.08. The van der Waals surface area contributed by atoms with E-state index in [0.29, 0.717) is 10.3 Å². The first-order valence-corrected chi connectivity index (χ1v) is 11.5. The van der Waals surface area contributed by atoms with Crippen LogP contribution in [0.4, 0.5) is 0 Å². The van der Waals surface area contributed by atoms with Gasteiger partial charge in [0.1, 0.15) is 0 Å². The molecular weight excluding hydrogens is 464 g/mol. The molecule has 2 aromatic carbocycles. The second-order valence-electron chi connectivity index (χ2n) is 5.56. The molecule has 28 heavy (non-hydrogen) atoms. The molecule has 4 aromatic rings. The minimum Gasteiger partial charge on any atom is -0.293 e. The molecule has 2 heterocycles. The molecule has 0 saturated carbocycles. The van der Waals surface area contributed by atoms with E-state index in [1.807, 2.05) is 60.7 Å². The van der Waals surface area contributed by atoms with Crippen LogP contribution in [0.3, 0.4) is 0 Å². The number of carbonyl (C=O) groups excluding carboxylic acids is 1. The van der Waals surface area contributed by atoms with E-state index < -0.39 is 10.0 Å². The summed E-state index contributed by atoms with van der Waals surface area (Å²) in [5.41, 5.74) is 2.46. The van der Waals surface area contributed by atoms with Crippen molar-refractivity contribution >= 4 is 48.0 Å². The molecule has 2 aromatic heterocycles. The van der Waals surface area contributed by atoms with Gasteiger partial charge in [0.2, 0.25) is 9.30 Å². The number of primary sulfonamides is 1. The highest BCUT2D eigenvalue weighted by atomic mass is 79.9. The Morgan fingerprint density at radius 2 is 1.68 bits per heavy atom. The maximum absolute atomic E-state index is 11.1. The number of Topliss-reactive ketones (excluding diaryl/α,β-unsaturated/α-hetero) is 1. The Labute approximate surface area is 174 Å². The van der Waals surface area contributed by atoms with Gasteiger partial charge in [0.15, 0.2) is 5.78 Å². The molecule has 0 fully saturated rings. The van der Waals surface area contributed by atoms with Gasteiger partial charge in [0.25, 0.3) is 10.0 Å². The molecule has 0 radical (unpaired) electrons. The Balaban J connectivity index is 0.000000192. The van der Waals surface area contributed by atoms with E-state index in [0.717, 1.165) is 28.2 Å². The normalized spacial score (nSPS) is 11.1. The molecule has 2 N–H and O–H groups in total. The lowest BCUT2D eigenvalue weighted by molar-refractivity contribution is 0.102. The van der Waals surface area contributed by atoms with E-state index >= 15 is 0 Å². The van der Waals surface area contributed by atoms with E-state index in [1.165, 1.54) is 4.52 Å². The lowest BCUT2D eigenvalue weighted by Gasteiger charge is -1.93. The molecule has 0 saturated heterocycles. The van der Waals surface area contributed by atoms with Crippen molar-refractivity contribution in [2.45, 2.75) is 4.34 Å². The predicted molar refractivity (Wildman–Crippen MR) is 112 cm³/mol. The number of nitrogens with zero attached hydrogens (tertiary/aromatic N) is 3. The van der Waals surface area contributed by atoms with Gasteiger partial charge in [-0.15, -0.1) is 5.10 Å². The molecule has 0 aliphatic heterocycles. The molecule has 10 heteroatoms. The molecule has 4 rings (SSSR count). The first-order valence-electron chi connectivity index (χ1n) is 7.97. The molecule has 0 bridgehead atoms. The van der Waals surface area contributed by atoms with E-state index in [4.69, 9.17) is 5.14 Å². The highest BCUT2D eigenvalue weighted by Crippen LogP contribution is 2.23. The van der Waals surface area contributed by atoms with Crippen LogP contribution in [0.2, 0.25) is 0 Å². The third kappa shape index (κ3) is 4.90. The predicted octanol–water partition coefficient (Wildman–Crippen LogP) is 3.37. The van der Waals surface area contributed by atoms with Crippen molar-refractivity contribution in [2.24, 2.45) is 5.14 Å². The highest BCUT2D eigenvalue weighted by Gasteiger charge is 2.16. The zero-order chi connectivity index (χ0) is 20.1. The summed E-state index contributed by atoms with van der Waals surface area (Å²) in [6.07, 6.45) is 1.68. The summed E-state index contributed by atoms with van der Waals surface area (Å²) in [5, 5.41) is 9.30. The molecule has 0 amide bonds. The number of alkyl halides is 1. The van der Waals surface area contributed by atoms with Gasteiger partial charge in [-0.2, -0.15) is 0 Å². The van der Waals surface area contributed by atoms with E-state index in [1.54, 1.807) is 6.20 Å². The summed E-state index contributed by atoms with van der Waals surface area (Å²) in [6, 6.07) is 18.8. The van der Waals surface area contributed by atoms with Crippen molar-refractivity contribution in [1.29, 1.82) is 0 Å². The molecule has 7 nitrogen and oxygen atoms in total. The molecule has 144 valence electrons. The van der Waals surface area contributed by atoms with Crippen LogP contribution in [0.15, 0.2) is 71.2 Å². The second-order valence-corrected chi connectivity index (χ2v) is 8.81. The minimum atomic E-state index is -3.77. The molecule has 0 spiro atoms. The zero-order valence-electron chi connectivity index (χ0n) is 14.4. The lowest BCUT2D eigenvalue weighted by atomic mass is 10.2. The zero-order valence-corrected chi connectivity index (χ0v) is 17.6. The third-order valence-electron chi connectivity index (χ3n) is 3.55. The third-order valence-corrected chi connectivity index (χ3v) is 6.30. The van der Waals surface area contributed by atoms with Gasteiger partial charge >= 0.3 is 0 Å². The average Bonchev–Trinajstić information content (AvgIpc) is 3.28. The van der Waals surface area contributed by atoms with Crippen LogP contribution in [0, 0.1) is 0 Å². The second kappa shape index (κ2) is 8.74. The smallest absolute Gasteiger partial charge is 0.267 e. The van der Waals surface area contributed by atoms with Crippen molar-refractivity contribution in [2.75, 3.05) is 5.33 Å².